The summed E-state index contributed by atoms with van der Waals surface area (Å²) in [6.45, 7) is 0. The lowest BCUT2D eigenvalue weighted by atomic mass is 10.1. The van der Waals surface area contributed by atoms with E-state index in [1.165, 1.54) is 5.56 Å². The first-order valence-electron chi connectivity index (χ1n) is 5.48. The summed E-state index contributed by atoms with van der Waals surface area (Å²) < 4.78 is 2.03. The van der Waals surface area contributed by atoms with E-state index >= 15 is 0 Å². The monoisotopic (exact) mass is 242 g/mol. The van der Waals surface area contributed by atoms with Crippen LogP contribution in [0, 0.1) is 0 Å². The Labute approximate surface area is 104 Å². The van der Waals surface area contributed by atoms with Gasteiger partial charge in [0.1, 0.15) is 5.65 Å². The maximum atomic E-state index is 5.96. The highest BCUT2D eigenvalue weighted by Crippen LogP contribution is 2.14. The molecule has 0 amide bonds. The zero-order valence-corrected chi connectivity index (χ0v) is 9.93. The van der Waals surface area contributed by atoms with Crippen LogP contribution in [-0.4, -0.2) is 9.38 Å². The Kier molecular flexibility index (Phi) is 2.57. The number of hydrogen-bond donors (Lipinski definition) is 0. The fourth-order valence-electron chi connectivity index (χ4n) is 1.93. The van der Waals surface area contributed by atoms with E-state index in [4.69, 9.17) is 11.6 Å². The highest BCUT2D eigenvalue weighted by molar-refractivity contribution is 6.30. The van der Waals surface area contributed by atoms with Crippen LogP contribution in [0.2, 0.25) is 5.02 Å². The average molecular weight is 243 g/mol. The fourth-order valence-corrected chi connectivity index (χ4v) is 2.14. The highest BCUT2D eigenvalue weighted by atomic mass is 35.5. The quantitative estimate of drug-likeness (QED) is 0.672. The van der Waals surface area contributed by atoms with Crippen LogP contribution in [0.4, 0.5) is 0 Å². The number of imidazole rings is 1. The van der Waals surface area contributed by atoms with E-state index in [2.05, 4.69) is 17.2 Å². The Balaban J connectivity index is 1.94. The lowest BCUT2D eigenvalue weighted by Crippen LogP contribution is -1.87. The number of benzene rings is 1. The largest absolute Gasteiger partial charge is 0.307 e. The molecule has 0 radical (unpaired) electrons. The van der Waals surface area contributed by atoms with E-state index in [9.17, 15) is 0 Å². The number of fused-ring (bicyclic) bond motifs is 1. The minimum absolute atomic E-state index is 0.770. The lowest BCUT2D eigenvalue weighted by Gasteiger charge is -1.97. The van der Waals surface area contributed by atoms with Crippen molar-refractivity contribution < 1.29 is 0 Å². The molecule has 0 fully saturated rings. The van der Waals surface area contributed by atoms with Crippen LogP contribution >= 0.6 is 11.6 Å². The maximum Gasteiger partial charge on any atom is 0.136 e. The third-order valence-corrected chi connectivity index (χ3v) is 2.92. The Morgan fingerprint density at radius 2 is 2.06 bits per heavy atom. The summed E-state index contributed by atoms with van der Waals surface area (Å²) in [5.74, 6) is 0. The molecule has 3 rings (SSSR count). The van der Waals surface area contributed by atoms with Gasteiger partial charge in [-0.15, -0.1) is 0 Å². The van der Waals surface area contributed by atoms with E-state index < -0.39 is 0 Å². The molecule has 0 aliphatic heterocycles. The molecule has 0 bridgehead atoms. The van der Waals surface area contributed by atoms with Gasteiger partial charge in [-0.25, -0.2) is 4.98 Å². The van der Waals surface area contributed by atoms with Crippen molar-refractivity contribution in [3.05, 3.63) is 71.1 Å². The molecule has 3 heteroatoms. The van der Waals surface area contributed by atoms with Crippen molar-refractivity contribution in [1.82, 2.24) is 9.38 Å². The van der Waals surface area contributed by atoms with Crippen molar-refractivity contribution in [3.8, 4) is 0 Å². The van der Waals surface area contributed by atoms with Crippen LogP contribution in [0.1, 0.15) is 11.3 Å². The van der Waals surface area contributed by atoms with E-state index in [0.717, 1.165) is 22.8 Å². The number of nitrogens with zero attached hydrogens (tertiary/aromatic N) is 2. The Bertz CT molecular complexity index is 625. The summed E-state index contributed by atoms with van der Waals surface area (Å²) >= 11 is 5.96. The molecule has 3 aromatic rings. The van der Waals surface area contributed by atoms with E-state index in [1.807, 2.05) is 47.0 Å². The second kappa shape index (κ2) is 4.22. The zero-order valence-electron chi connectivity index (χ0n) is 9.18. The molecule has 0 atom stereocenters. The minimum Gasteiger partial charge on any atom is -0.307 e. The van der Waals surface area contributed by atoms with E-state index in [1.54, 1.807) is 0 Å². The second-order valence-electron chi connectivity index (χ2n) is 4.01. The van der Waals surface area contributed by atoms with Crippen LogP contribution < -0.4 is 0 Å². The van der Waals surface area contributed by atoms with Crippen molar-refractivity contribution in [1.29, 1.82) is 0 Å². The van der Waals surface area contributed by atoms with Gasteiger partial charge in [-0.2, -0.15) is 0 Å². The van der Waals surface area contributed by atoms with Gasteiger partial charge in [-0.3, -0.25) is 0 Å². The summed E-state index contributed by atoms with van der Waals surface area (Å²) in [6.07, 6.45) is 4.86. The van der Waals surface area contributed by atoms with E-state index in [0.29, 0.717) is 0 Å². The van der Waals surface area contributed by atoms with Crippen molar-refractivity contribution in [3.63, 3.8) is 0 Å². The molecule has 84 valence electrons. The molecule has 2 nitrogen and oxygen atoms in total. The van der Waals surface area contributed by atoms with Gasteiger partial charge < -0.3 is 4.40 Å². The van der Waals surface area contributed by atoms with Gasteiger partial charge in [0.25, 0.3) is 0 Å². The third kappa shape index (κ3) is 2.17. The van der Waals surface area contributed by atoms with Gasteiger partial charge in [-0.05, 0) is 29.8 Å². The fraction of sp³-hybridized carbons (Fsp3) is 0.0714. The average Bonchev–Trinajstić information content (AvgIpc) is 2.71. The standard InChI is InChI=1S/C14H11ClN2/c15-12-5-3-4-11(8-12)9-13-10-17-7-2-1-6-14(17)16-13/h1-8,10H,9H2. The summed E-state index contributed by atoms with van der Waals surface area (Å²) in [5, 5.41) is 0.770. The predicted molar refractivity (Wildman–Crippen MR) is 69.5 cm³/mol. The SMILES string of the molecule is Clc1cccc(Cc2cn3ccccc3n2)c1. The van der Waals surface area contributed by atoms with Crippen LogP contribution in [0.15, 0.2) is 54.9 Å². The molecule has 0 saturated heterocycles. The van der Waals surface area contributed by atoms with Crippen molar-refractivity contribution >= 4 is 17.2 Å². The molecular weight excluding hydrogens is 232 g/mol. The molecule has 0 saturated carbocycles. The Hall–Kier alpha value is -1.80. The Morgan fingerprint density at radius 3 is 2.88 bits per heavy atom. The topological polar surface area (TPSA) is 17.3 Å². The van der Waals surface area contributed by atoms with Crippen molar-refractivity contribution in [2.75, 3.05) is 0 Å². The summed E-state index contributed by atoms with van der Waals surface area (Å²) in [4.78, 5) is 4.56. The molecule has 0 unspecified atom stereocenters. The molecular formula is C14H11ClN2. The van der Waals surface area contributed by atoms with Gasteiger partial charge in [0.15, 0.2) is 0 Å². The molecule has 2 heterocycles. The zero-order chi connectivity index (χ0) is 11.7. The molecule has 0 aliphatic rings. The number of pyridine rings is 1. The number of rotatable bonds is 2. The third-order valence-electron chi connectivity index (χ3n) is 2.69. The number of aromatic nitrogens is 2. The first-order chi connectivity index (χ1) is 8.31. The molecule has 0 aliphatic carbocycles. The normalized spacial score (nSPS) is 10.9. The summed E-state index contributed by atoms with van der Waals surface area (Å²) in [7, 11) is 0. The first-order valence-corrected chi connectivity index (χ1v) is 5.86. The van der Waals surface area contributed by atoms with Crippen LogP contribution in [-0.2, 0) is 6.42 Å². The van der Waals surface area contributed by atoms with Gasteiger partial charge in [-0.1, -0.05) is 29.8 Å². The van der Waals surface area contributed by atoms with Crippen molar-refractivity contribution in [2.24, 2.45) is 0 Å². The van der Waals surface area contributed by atoms with Crippen LogP contribution in [0.3, 0.4) is 0 Å². The van der Waals surface area contributed by atoms with Crippen LogP contribution in [0.25, 0.3) is 5.65 Å². The summed E-state index contributed by atoms with van der Waals surface area (Å²) in [5.41, 5.74) is 3.21. The first kappa shape index (κ1) is 10.4. The maximum absolute atomic E-state index is 5.96. The second-order valence-corrected chi connectivity index (χ2v) is 4.44. The van der Waals surface area contributed by atoms with Gasteiger partial charge in [0.05, 0.1) is 5.69 Å². The molecule has 1 aromatic carbocycles. The van der Waals surface area contributed by atoms with Gasteiger partial charge in [0, 0.05) is 23.8 Å². The molecule has 0 N–H and O–H groups in total. The van der Waals surface area contributed by atoms with Gasteiger partial charge in [0.2, 0.25) is 0 Å². The predicted octanol–water partition coefficient (Wildman–Crippen LogP) is 3.58. The molecule has 2 aromatic heterocycles. The number of hydrogen-bond acceptors (Lipinski definition) is 1. The van der Waals surface area contributed by atoms with Crippen molar-refractivity contribution in [2.45, 2.75) is 6.42 Å². The Morgan fingerprint density at radius 1 is 1.12 bits per heavy atom. The molecule has 17 heavy (non-hydrogen) atoms. The lowest BCUT2D eigenvalue weighted by molar-refractivity contribution is 1.11. The number of halogens is 1. The van der Waals surface area contributed by atoms with Crippen LogP contribution in [0.5, 0.6) is 0 Å². The minimum atomic E-state index is 0.770. The smallest absolute Gasteiger partial charge is 0.136 e. The summed E-state index contributed by atoms with van der Waals surface area (Å²) in [6, 6.07) is 13.9. The van der Waals surface area contributed by atoms with E-state index in [-0.39, 0.29) is 0 Å². The van der Waals surface area contributed by atoms with Gasteiger partial charge >= 0.3 is 0 Å². The molecule has 0 spiro atoms. The highest BCUT2D eigenvalue weighted by Gasteiger charge is 2.02.